The van der Waals surface area contributed by atoms with E-state index in [1.54, 1.807) is 50.2 Å². The van der Waals surface area contributed by atoms with Gasteiger partial charge in [-0.15, -0.1) is 11.5 Å². The summed E-state index contributed by atoms with van der Waals surface area (Å²) in [6.07, 6.45) is 0. The maximum Gasteiger partial charge on any atom is 2.00 e. The van der Waals surface area contributed by atoms with Crippen molar-refractivity contribution in [2.24, 2.45) is 0 Å². The van der Waals surface area contributed by atoms with E-state index in [1.807, 2.05) is 0 Å². The number of fused-ring (bicyclic) bond motifs is 3. The number of aryl methyl sites for hydroxylation is 2. The van der Waals surface area contributed by atoms with Crippen LogP contribution in [0.1, 0.15) is 11.1 Å². The summed E-state index contributed by atoms with van der Waals surface area (Å²) in [5.41, 5.74) is 1.98. The molecule has 0 saturated carbocycles. The van der Waals surface area contributed by atoms with E-state index in [-0.39, 0.29) is 52.2 Å². The van der Waals surface area contributed by atoms with Crippen LogP contribution in [0.3, 0.4) is 0 Å². The van der Waals surface area contributed by atoms with Crippen LogP contribution >= 0.6 is 0 Å². The average Bonchev–Trinajstić information content (AvgIpc) is 2.84. The number of rotatable bonds is 2. The molecule has 0 amide bonds. The van der Waals surface area contributed by atoms with Gasteiger partial charge >= 0.3 is 23.1 Å². The number of hydrogen-bond acceptors (Lipinski definition) is 0. The van der Waals surface area contributed by atoms with Gasteiger partial charge in [-0.2, -0.15) is 0 Å². The molecule has 0 bridgehead atoms. The fourth-order valence-corrected chi connectivity index (χ4v) is 4.33. The van der Waals surface area contributed by atoms with Gasteiger partial charge in [0.25, 0.3) is 0 Å². The molecule has 0 saturated heterocycles. The molecule has 0 atom stereocenters. The first-order chi connectivity index (χ1) is 16.6. The quantitative estimate of drug-likeness (QED) is 0.0705. The summed E-state index contributed by atoms with van der Waals surface area (Å²) in [4.78, 5) is 0. The first kappa shape index (κ1) is 28.8. The van der Waals surface area contributed by atoms with Gasteiger partial charge < -0.3 is 12.4 Å². The van der Waals surface area contributed by atoms with E-state index >= 15 is 13.2 Å². The molecule has 5 aromatic rings. The van der Waals surface area contributed by atoms with Gasteiger partial charge in [0, 0.05) is 5.39 Å². The van der Waals surface area contributed by atoms with Crippen LogP contribution < -0.4 is 12.4 Å². The second-order valence-corrected chi connectivity index (χ2v) is 8.30. The van der Waals surface area contributed by atoms with Gasteiger partial charge in [0.2, 0.25) is 0 Å². The van der Waals surface area contributed by atoms with E-state index in [9.17, 15) is 17.6 Å². The SMILES string of the molecule is Cc1ccc(-c2c(-c3ccc(C)cc3)c3c(F)c(F)c(F)c(F)c3c3c(F)c(F)c(F)[c-]c23)cc1.[Cl-].[Mg+2]. The molecule has 0 unspecified atom stereocenters. The summed E-state index contributed by atoms with van der Waals surface area (Å²) in [5, 5.41) is -3.24. The van der Waals surface area contributed by atoms with Crippen LogP contribution in [0, 0.1) is 60.6 Å². The normalized spacial score (nSPS) is 10.9. The molecule has 0 nitrogen and oxygen atoms in total. The fourth-order valence-electron chi connectivity index (χ4n) is 4.33. The van der Waals surface area contributed by atoms with Crippen molar-refractivity contribution in [1.82, 2.24) is 0 Å². The minimum atomic E-state index is -2.20. The van der Waals surface area contributed by atoms with Gasteiger partial charge in [0.05, 0.1) is 11.6 Å². The molecule has 0 aliphatic heterocycles. The second-order valence-electron chi connectivity index (χ2n) is 8.30. The van der Waals surface area contributed by atoms with E-state index in [0.29, 0.717) is 5.56 Å². The Balaban J connectivity index is 0.00000190. The largest absolute Gasteiger partial charge is 2.00 e. The maximum atomic E-state index is 15.4. The Hall–Kier alpha value is -2.81. The Morgan fingerprint density at radius 3 is 1.38 bits per heavy atom. The predicted molar refractivity (Wildman–Crippen MR) is 126 cm³/mol. The predicted octanol–water partition coefficient (Wildman–Crippen LogP) is 5.34. The van der Waals surface area contributed by atoms with Crippen molar-refractivity contribution < 1.29 is 43.1 Å². The van der Waals surface area contributed by atoms with Crippen molar-refractivity contribution >= 4 is 44.6 Å². The van der Waals surface area contributed by atoms with Crippen LogP contribution in [0.4, 0.5) is 30.7 Å². The van der Waals surface area contributed by atoms with Gasteiger partial charge in [-0.3, -0.25) is 4.39 Å². The van der Waals surface area contributed by atoms with E-state index in [1.165, 1.54) is 12.1 Å². The van der Waals surface area contributed by atoms with Crippen LogP contribution in [0.2, 0.25) is 0 Å². The monoisotopic (exact) mass is 542 g/mol. The van der Waals surface area contributed by atoms with E-state index in [2.05, 4.69) is 6.07 Å². The summed E-state index contributed by atoms with van der Waals surface area (Å²) in [6.45, 7) is 3.57. The van der Waals surface area contributed by atoms with E-state index in [4.69, 9.17) is 0 Å². The molecular weight excluding hydrogens is 529 g/mol. The Kier molecular flexibility index (Phi) is 8.17. The van der Waals surface area contributed by atoms with Crippen LogP contribution in [-0.4, -0.2) is 23.1 Å². The summed E-state index contributed by atoms with van der Waals surface area (Å²) < 4.78 is 103. The molecular formula is C28H14ClF7Mg. The third-order valence-corrected chi connectivity index (χ3v) is 6.04. The topological polar surface area (TPSA) is 0 Å². The molecule has 0 aliphatic rings. The smallest absolute Gasteiger partial charge is 1.00 e. The average molecular weight is 543 g/mol. The van der Waals surface area contributed by atoms with Crippen molar-refractivity contribution in [2.45, 2.75) is 13.8 Å². The molecule has 5 rings (SSSR count). The van der Waals surface area contributed by atoms with Crippen molar-refractivity contribution in [2.75, 3.05) is 0 Å². The van der Waals surface area contributed by atoms with Gasteiger partial charge in [0.1, 0.15) is 5.82 Å². The van der Waals surface area contributed by atoms with Crippen molar-refractivity contribution in [3.05, 3.63) is 106 Å². The Bertz CT molecular complexity index is 1660. The number of benzene rings is 5. The van der Waals surface area contributed by atoms with E-state index in [0.717, 1.165) is 11.1 Å². The summed E-state index contributed by atoms with van der Waals surface area (Å²) in [6, 6.07) is 14.9. The minimum absolute atomic E-state index is 0. The molecule has 0 heterocycles. The summed E-state index contributed by atoms with van der Waals surface area (Å²) in [5.74, 6) is -13.6. The van der Waals surface area contributed by atoms with Gasteiger partial charge in [-0.1, -0.05) is 76.2 Å². The van der Waals surface area contributed by atoms with Crippen LogP contribution in [-0.2, 0) is 0 Å². The summed E-state index contributed by atoms with van der Waals surface area (Å²) in [7, 11) is 0. The molecule has 0 N–H and O–H groups in total. The Morgan fingerprint density at radius 1 is 0.486 bits per heavy atom. The van der Waals surface area contributed by atoms with Crippen molar-refractivity contribution in [3.8, 4) is 22.3 Å². The molecule has 0 fully saturated rings. The fraction of sp³-hybridized carbons (Fsp3) is 0.0714. The van der Waals surface area contributed by atoms with Crippen LogP contribution in [0.25, 0.3) is 43.8 Å². The third kappa shape index (κ3) is 4.45. The number of halogens is 8. The van der Waals surface area contributed by atoms with Crippen molar-refractivity contribution in [3.63, 3.8) is 0 Å². The second kappa shape index (κ2) is 10.5. The first-order valence-corrected chi connectivity index (χ1v) is 10.5. The third-order valence-electron chi connectivity index (χ3n) is 6.04. The van der Waals surface area contributed by atoms with Crippen LogP contribution in [0.5, 0.6) is 0 Å². The zero-order chi connectivity index (χ0) is 25.2. The van der Waals surface area contributed by atoms with Gasteiger partial charge in [0.15, 0.2) is 23.3 Å². The first-order valence-electron chi connectivity index (χ1n) is 10.5. The minimum Gasteiger partial charge on any atom is -1.00 e. The van der Waals surface area contributed by atoms with E-state index < -0.39 is 62.3 Å². The van der Waals surface area contributed by atoms with Crippen molar-refractivity contribution in [1.29, 1.82) is 0 Å². The molecule has 37 heavy (non-hydrogen) atoms. The molecule has 0 spiro atoms. The maximum absolute atomic E-state index is 15.4. The van der Waals surface area contributed by atoms with Crippen LogP contribution in [0.15, 0.2) is 48.5 Å². The summed E-state index contributed by atoms with van der Waals surface area (Å²) >= 11 is 0. The zero-order valence-corrected chi connectivity index (χ0v) is 21.5. The van der Waals surface area contributed by atoms with Gasteiger partial charge in [-0.05, 0) is 30.4 Å². The standard InChI is InChI=1S/C28H14F7.ClH.Mg/c1-12-3-7-14(8-4-12)18-16-11-17(29)23(30)24(31)20(16)22-21(25(32)27(34)28(35)26(22)33)19(18)15-9-5-13(2)6-10-15;;/h3-10H,1-2H3;1H;/q-1;;+2/p-1. The molecule has 0 radical (unpaired) electrons. The Labute approximate surface area is 229 Å². The molecule has 184 valence electrons. The number of hydrogen-bond donors (Lipinski definition) is 0. The van der Waals surface area contributed by atoms with Gasteiger partial charge in [-0.25, -0.2) is 26.3 Å². The Morgan fingerprint density at radius 2 is 0.892 bits per heavy atom. The molecule has 5 aromatic carbocycles. The zero-order valence-electron chi connectivity index (χ0n) is 19.3. The molecule has 0 aromatic heterocycles. The molecule has 0 aliphatic carbocycles. The molecule has 9 heteroatoms.